The molecule has 2 N–H and O–H groups in total. The van der Waals surface area contributed by atoms with Crippen LogP contribution in [0.2, 0.25) is 0 Å². The molecule has 1 heterocycles. The van der Waals surface area contributed by atoms with Crippen LogP contribution in [-0.2, 0) is 13.0 Å². The Labute approximate surface area is 107 Å². The Morgan fingerprint density at radius 2 is 2.17 bits per heavy atom. The monoisotopic (exact) mass is 246 g/mol. The minimum atomic E-state index is -0.997. The van der Waals surface area contributed by atoms with E-state index in [0.29, 0.717) is 5.69 Å². The van der Waals surface area contributed by atoms with Gasteiger partial charge in [-0.1, -0.05) is 6.07 Å². The lowest BCUT2D eigenvalue weighted by Crippen LogP contribution is -2.25. The summed E-state index contributed by atoms with van der Waals surface area (Å²) in [5.74, 6) is 0. The quantitative estimate of drug-likeness (QED) is 0.843. The zero-order chi connectivity index (χ0) is 12.5. The summed E-state index contributed by atoms with van der Waals surface area (Å²) in [6.07, 6.45) is 3.90. The molecule has 1 amide bonds. The van der Waals surface area contributed by atoms with Crippen LogP contribution in [0.15, 0.2) is 18.2 Å². The van der Waals surface area contributed by atoms with Gasteiger partial charge in [-0.2, -0.15) is 0 Å². The number of benzene rings is 1. The van der Waals surface area contributed by atoms with Crippen LogP contribution in [0, 0.1) is 0 Å². The second-order valence-electron chi connectivity index (χ2n) is 5.22. The molecule has 4 nitrogen and oxygen atoms in total. The summed E-state index contributed by atoms with van der Waals surface area (Å²) >= 11 is 0. The summed E-state index contributed by atoms with van der Waals surface area (Å²) in [4.78, 5) is 13.2. The Morgan fingerprint density at radius 1 is 1.33 bits per heavy atom. The van der Waals surface area contributed by atoms with Crippen LogP contribution in [-0.4, -0.2) is 28.7 Å². The van der Waals surface area contributed by atoms with Crippen LogP contribution in [0.1, 0.15) is 30.4 Å². The van der Waals surface area contributed by atoms with Crippen molar-refractivity contribution in [3.05, 3.63) is 29.3 Å². The summed E-state index contributed by atoms with van der Waals surface area (Å²) in [5.41, 5.74) is 3.33. The van der Waals surface area contributed by atoms with E-state index in [1.54, 1.807) is 0 Å². The van der Waals surface area contributed by atoms with E-state index in [9.17, 15) is 4.79 Å². The van der Waals surface area contributed by atoms with Crippen molar-refractivity contribution in [1.29, 1.82) is 0 Å². The van der Waals surface area contributed by atoms with Crippen molar-refractivity contribution in [3.63, 3.8) is 0 Å². The molecule has 1 fully saturated rings. The largest absolute Gasteiger partial charge is 0.465 e. The Morgan fingerprint density at radius 3 is 2.89 bits per heavy atom. The van der Waals surface area contributed by atoms with E-state index >= 15 is 0 Å². The molecule has 0 saturated heterocycles. The number of fused-ring (bicyclic) bond motifs is 1. The lowest BCUT2D eigenvalue weighted by Gasteiger charge is -2.19. The summed E-state index contributed by atoms with van der Waals surface area (Å²) < 4.78 is 0. The van der Waals surface area contributed by atoms with Crippen molar-refractivity contribution in [1.82, 2.24) is 4.90 Å². The predicted molar refractivity (Wildman–Crippen MR) is 69.8 cm³/mol. The third-order valence-electron chi connectivity index (χ3n) is 3.79. The van der Waals surface area contributed by atoms with E-state index in [2.05, 4.69) is 16.3 Å². The minimum absolute atomic E-state index is 0.682. The van der Waals surface area contributed by atoms with Crippen molar-refractivity contribution in [2.75, 3.05) is 11.9 Å². The van der Waals surface area contributed by atoms with E-state index in [4.69, 9.17) is 5.11 Å². The van der Waals surface area contributed by atoms with Crippen molar-refractivity contribution in [2.45, 2.75) is 38.3 Å². The average molecular weight is 246 g/mol. The van der Waals surface area contributed by atoms with Gasteiger partial charge in [0.05, 0.1) is 0 Å². The first-order valence-electron chi connectivity index (χ1n) is 6.58. The van der Waals surface area contributed by atoms with Gasteiger partial charge in [0.2, 0.25) is 0 Å². The first-order chi connectivity index (χ1) is 8.72. The van der Waals surface area contributed by atoms with Gasteiger partial charge in [-0.15, -0.1) is 0 Å². The van der Waals surface area contributed by atoms with Crippen LogP contribution in [0.4, 0.5) is 10.5 Å². The molecule has 2 aliphatic rings. The lowest BCUT2D eigenvalue weighted by atomic mass is 10.0. The molecule has 4 heteroatoms. The summed E-state index contributed by atoms with van der Waals surface area (Å²) in [5, 5.41) is 11.2. The fourth-order valence-corrected chi connectivity index (χ4v) is 2.74. The molecule has 3 rings (SSSR count). The average Bonchev–Trinajstić information content (AvgIpc) is 3.13. The van der Waals surface area contributed by atoms with Crippen molar-refractivity contribution in [3.8, 4) is 0 Å². The number of aryl methyl sites for hydroxylation is 1. The zero-order valence-corrected chi connectivity index (χ0v) is 10.4. The number of rotatable bonds is 2. The fraction of sp³-hybridized carbons (Fsp3) is 0.500. The molecular formula is C14H18N2O2. The van der Waals surface area contributed by atoms with E-state index < -0.39 is 6.09 Å². The van der Waals surface area contributed by atoms with Crippen LogP contribution < -0.4 is 5.32 Å². The number of carbonyl (C=O) groups is 1. The maximum atomic E-state index is 10.6. The normalized spacial score (nSPS) is 20.0. The van der Waals surface area contributed by atoms with Crippen LogP contribution >= 0.6 is 0 Å². The molecule has 18 heavy (non-hydrogen) atoms. The van der Waals surface area contributed by atoms with Gasteiger partial charge in [0.25, 0.3) is 0 Å². The molecule has 1 aromatic carbocycles. The molecular weight excluding hydrogens is 228 g/mol. The molecule has 0 bridgehead atoms. The van der Waals surface area contributed by atoms with E-state index in [1.807, 2.05) is 12.1 Å². The number of amides is 1. The predicted octanol–water partition coefficient (Wildman–Crippen LogP) is 2.69. The van der Waals surface area contributed by atoms with Crippen LogP contribution in [0.25, 0.3) is 0 Å². The number of nitrogens with one attached hydrogen (secondary N) is 1. The lowest BCUT2D eigenvalue weighted by molar-refractivity contribution is 0.210. The number of hydrogen-bond donors (Lipinski definition) is 2. The maximum Gasteiger partial charge on any atom is 0.409 e. The van der Waals surface area contributed by atoms with Gasteiger partial charge in [-0.05, 0) is 55.5 Å². The van der Waals surface area contributed by atoms with Gasteiger partial charge < -0.3 is 5.11 Å². The van der Waals surface area contributed by atoms with Gasteiger partial charge >= 0.3 is 6.09 Å². The minimum Gasteiger partial charge on any atom is -0.465 e. The summed E-state index contributed by atoms with van der Waals surface area (Å²) in [7, 11) is 0. The Balaban J connectivity index is 1.80. The van der Waals surface area contributed by atoms with Gasteiger partial charge in [-0.3, -0.25) is 10.2 Å². The van der Waals surface area contributed by atoms with E-state index in [1.165, 1.54) is 36.9 Å². The first kappa shape index (κ1) is 11.5. The Hall–Kier alpha value is -1.55. The van der Waals surface area contributed by atoms with Gasteiger partial charge in [0.15, 0.2) is 0 Å². The van der Waals surface area contributed by atoms with Gasteiger partial charge in [0.1, 0.15) is 0 Å². The topological polar surface area (TPSA) is 52.6 Å². The van der Waals surface area contributed by atoms with Gasteiger partial charge in [-0.25, -0.2) is 4.79 Å². The van der Waals surface area contributed by atoms with E-state index in [0.717, 1.165) is 19.0 Å². The molecule has 0 spiro atoms. The second-order valence-corrected chi connectivity index (χ2v) is 5.22. The number of anilines is 1. The highest BCUT2D eigenvalue weighted by Gasteiger charge is 2.30. The standard InChI is InChI=1S/C14H18N2O2/c17-14(18)15-12-4-3-11-9-16(13-5-6-13)7-1-2-10(11)8-12/h3-4,8,13,15H,1-2,5-7,9H2,(H,17,18). The zero-order valence-electron chi connectivity index (χ0n) is 10.4. The Bertz CT molecular complexity index is 469. The number of carboxylic acid groups (broad SMARTS) is 1. The molecule has 1 aliphatic heterocycles. The highest BCUT2D eigenvalue weighted by atomic mass is 16.4. The highest BCUT2D eigenvalue weighted by molar-refractivity contribution is 5.83. The van der Waals surface area contributed by atoms with Crippen LogP contribution in [0.5, 0.6) is 0 Å². The third kappa shape index (κ3) is 2.48. The molecule has 1 saturated carbocycles. The molecule has 0 atom stereocenters. The molecule has 0 aromatic heterocycles. The SMILES string of the molecule is O=C(O)Nc1ccc2c(c1)CCCN(C1CC1)C2. The molecule has 0 unspecified atom stereocenters. The maximum absolute atomic E-state index is 10.6. The summed E-state index contributed by atoms with van der Waals surface area (Å²) in [6.45, 7) is 2.19. The Kier molecular flexibility index (Phi) is 2.96. The number of hydrogen-bond acceptors (Lipinski definition) is 2. The van der Waals surface area contributed by atoms with E-state index in [-0.39, 0.29) is 0 Å². The fourth-order valence-electron chi connectivity index (χ4n) is 2.74. The van der Waals surface area contributed by atoms with Gasteiger partial charge in [0, 0.05) is 18.3 Å². The summed E-state index contributed by atoms with van der Waals surface area (Å²) in [6, 6.07) is 6.72. The van der Waals surface area contributed by atoms with Crippen molar-refractivity contribution in [2.24, 2.45) is 0 Å². The molecule has 1 aromatic rings. The molecule has 0 radical (unpaired) electrons. The smallest absolute Gasteiger partial charge is 0.409 e. The molecule has 96 valence electrons. The van der Waals surface area contributed by atoms with Crippen molar-refractivity contribution >= 4 is 11.8 Å². The van der Waals surface area contributed by atoms with Crippen LogP contribution in [0.3, 0.4) is 0 Å². The second kappa shape index (κ2) is 4.61. The van der Waals surface area contributed by atoms with Crippen molar-refractivity contribution < 1.29 is 9.90 Å². The number of nitrogens with zero attached hydrogens (tertiary/aromatic N) is 1. The third-order valence-corrected chi connectivity index (χ3v) is 3.79. The highest BCUT2D eigenvalue weighted by Crippen LogP contribution is 2.31. The molecule has 1 aliphatic carbocycles. The first-order valence-corrected chi connectivity index (χ1v) is 6.58.